The van der Waals surface area contributed by atoms with Crippen molar-refractivity contribution in [3.63, 3.8) is 0 Å². The van der Waals surface area contributed by atoms with Gasteiger partial charge >= 0.3 is 6.18 Å². The number of aryl methyl sites for hydroxylation is 1. The Morgan fingerprint density at radius 1 is 1.29 bits per heavy atom. The Labute approximate surface area is 134 Å². The Morgan fingerprint density at radius 3 is 2.79 bits per heavy atom. The van der Waals surface area contributed by atoms with Crippen LogP contribution in [0, 0.1) is 0 Å². The molecular weight excluding hydrogens is 323 g/mol. The van der Waals surface area contributed by atoms with Crippen LogP contribution in [0.2, 0.25) is 0 Å². The summed E-state index contributed by atoms with van der Waals surface area (Å²) in [5.41, 5.74) is 1.30. The number of benzene rings is 1. The number of methoxy groups -OCH3 is 1. The van der Waals surface area contributed by atoms with Gasteiger partial charge in [0.25, 0.3) is 5.56 Å². The molecule has 8 heteroatoms. The van der Waals surface area contributed by atoms with Crippen molar-refractivity contribution in [1.29, 1.82) is 0 Å². The van der Waals surface area contributed by atoms with E-state index in [1.165, 1.54) is 11.6 Å². The van der Waals surface area contributed by atoms with E-state index >= 15 is 0 Å². The van der Waals surface area contributed by atoms with E-state index in [9.17, 15) is 18.0 Å². The van der Waals surface area contributed by atoms with Crippen LogP contribution in [0.3, 0.4) is 0 Å². The van der Waals surface area contributed by atoms with E-state index in [4.69, 9.17) is 4.74 Å². The highest BCUT2D eigenvalue weighted by atomic mass is 19.4. The Morgan fingerprint density at radius 2 is 2.08 bits per heavy atom. The molecule has 126 valence electrons. The van der Waals surface area contributed by atoms with Crippen LogP contribution in [0.1, 0.15) is 12.1 Å². The van der Waals surface area contributed by atoms with Gasteiger partial charge in [0.15, 0.2) is 5.65 Å². The molecule has 1 N–H and O–H groups in total. The molecule has 0 atom stereocenters. The molecule has 0 fully saturated rings. The second kappa shape index (κ2) is 6.03. The zero-order valence-electron chi connectivity index (χ0n) is 12.7. The number of aromatic nitrogens is 3. The minimum absolute atomic E-state index is 0.112. The monoisotopic (exact) mass is 337 g/mol. The van der Waals surface area contributed by atoms with Crippen LogP contribution in [0.5, 0.6) is 5.75 Å². The van der Waals surface area contributed by atoms with Gasteiger partial charge in [0.1, 0.15) is 5.75 Å². The second-order valence-electron chi connectivity index (χ2n) is 5.28. The van der Waals surface area contributed by atoms with Gasteiger partial charge in [0.05, 0.1) is 7.11 Å². The molecule has 0 amide bonds. The van der Waals surface area contributed by atoms with E-state index in [2.05, 4.69) is 10.1 Å². The standard InChI is InChI=1S/C16H14F3N3O2/c1-24-12-4-2-3-10(7-12)13-9-20-22-14(23)8-11(21-15(13)22)5-6-16(17,18)19/h2-4,7-9,20H,5-6H2,1H3. The smallest absolute Gasteiger partial charge is 0.389 e. The Hall–Kier alpha value is -2.77. The Bertz CT molecular complexity index is 928. The van der Waals surface area contributed by atoms with Crippen molar-refractivity contribution in [1.82, 2.24) is 14.6 Å². The van der Waals surface area contributed by atoms with E-state index in [1.807, 2.05) is 0 Å². The lowest BCUT2D eigenvalue weighted by Gasteiger charge is -2.06. The van der Waals surface area contributed by atoms with Crippen LogP contribution in [0.25, 0.3) is 16.8 Å². The first-order valence-electron chi connectivity index (χ1n) is 7.18. The van der Waals surface area contributed by atoms with E-state index in [0.717, 1.165) is 11.6 Å². The molecule has 0 radical (unpaired) electrons. The molecule has 2 aromatic heterocycles. The highest BCUT2D eigenvalue weighted by Gasteiger charge is 2.27. The number of rotatable bonds is 4. The average Bonchev–Trinajstić information content (AvgIpc) is 2.97. The number of hydrogen-bond acceptors (Lipinski definition) is 3. The fraction of sp³-hybridized carbons (Fsp3) is 0.250. The van der Waals surface area contributed by atoms with Gasteiger partial charge in [0, 0.05) is 29.9 Å². The van der Waals surface area contributed by atoms with Crippen molar-refractivity contribution >= 4 is 5.65 Å². The van der Waals surface area contributed by atoms with Gasteiger partial charge in [-0.2, -0.15) is 13.2 Å². The number of H-pyrrole nitrogens is 1. The van der Waals surface area contributed by atoms with E-state index in [1.54, 1.807) is 30.5 Å². The lowest BCUT2D eigenvalue weighted by molar-refractivity contribution is -0.134. The van der Waals surface area contributed by atoms with Crippen LogP contribution < -0.4 is 10.3 Å². The maximum absolute atomic E-state index is 12.4. The van der Waals surface area contributed by atoms with Gasteiger partial charge < -0.3 is 4.74 Å². The van der Waals surface area contributed by atoms with Crippen LogP contribution in [0.15, 0.2) is 41.3 Å². The minimum Gasteiger partial charge on any atom is -0.497 e. The third-order valence-corrected chi connectivity index (χ3v) is 3.60. The molecule has 3 rings (SSSR count). The number of ether oxygens (including phenoxy) is 1. The second-order valence-corrected chi connectivity index (χ2v) is 5.28. The van der Waals surface area contributed by atoms with Gasteiger partial charge in [-0.3, -0.25) is 9.89 Å². The molecule has 0 aliphatic carbocycles. The molecule has 0 unspecified atom stereocenters. The summed E-state index contributed by atoms with van der Waals surface area (Å²) in [6.45, 7) is 0. The maximum atomic E-state index is 12.4. The number of alkyl halides is 3. The molecule has 3 aromatic rings. The van der Waals surface area contributed by atoms with Crippen molar-refractivity contribution in [2.24, 2.45) is 0 Å². The zero-order chi connectivity index (χ0) is 17.3. The summed E-state index contributed by atoms with van der Waals surface area (Å²) in [6, 6.07) is 8.23. The van der Waals surface area contributed by atoms with Crippen molar-refractivity contribution in [3.05, 3.63) is 52.6 Å². The SMILES string of the molecule is COc1cccc(-c2c[nH]n3c(=O)cc(CCC(F)(F)F)nc23)c1. The lowest BCUT2D eigenvalue weighted by Crippen LogP contribution is -2.17. The molecule has 0 bridgehead atoms. The molecule has 24 heavy (non-hydrogen) atoms. The van der Waals surface area contributed by atoms with Crippen LogP contribution in [-0.2, 0) is 6.42 Å². The van der Waals surface area contributed by atoms with Gasteiger partial charge in [-0.15, -0.1) is 0 Å². The van der Waals surface area contributed by atoms with Crippen LogP contribution >= 0.6 is 0 Å². The molecule has 0 spiro atoms. The number of aromatic amines is 1. The molecule has 0 saturated carbocycles. The molecule has 0 aliphatic heterocycles. The van der Waals surface area contributed by atoms with Gasteiger partial charge in [0.2, 0.25) is 0 Å². The summed E-state index contributed by atoms with van der Waals surface area (Å²) >= 11 is 0. The molecule has 1 aromatic carbocycles. The van der Waals surface area contributed by atoms with Crippen molar-refractivity contribution in [2.75, 3.05) is 7.11 Å². The quantitative estimate of drug-likeness (QED) is 0.795. The summed E-state index contributed by atoms with van der Waals surface area (Å²) in [5, 5.41) is 2.77. The van der Waals surface area contributed by atoms with Crippen molar-refractivity contribution < 1.29 is 17.9 Å². The minimum atomic E-state index is -4.29. The first-order valence-corrected chi connectivity index (χ1v) is 7.18. The normalized spacial score (nSPS) is 11.8. The number of hydrogen-bond donors (Lipinski definition) is 1. The predicted octanol–water partition coefficient (Wildman–Crippen LogP) is 3.19. The summed E-state index contributed by atoms with van der Waals surface area (Å²) in [4.78, 5) is 16.3. The summed E-state index contributed by atoms with van der Waals surface area (Å²) in [5.74, 6) is 0.627. The van der Waals surface area contributed by atoms with Gasteiger partial charge in [-0.05, 0) is 24.1 Å². The van der Waals surface area contributed by atoms with Crippen molar-refractivity contribution in [3.8, 4) is 16.9 Å². The Balaban J connectivity index is 2.06. The first-order chi connectivity index (χ1) is 11.4. The van der Waals surface area contributed by atoms with E-state index in [-0.39, 0.29) is 17.8 Å². The summed E-state index contributed by atoms with van der Waals surface area (Å²) in [7, 11) is 1.53. The van der Waals surface area contributed by atoms with E-state index in [0.29, 0.717) is 11.3 Å². The molecule has 5 nitrogen and oxygen atoms in total. The highest BCUT2D eigenvalue weighted by molar-refractivity contribution is 5.77. The lowest BCUT2D eigenvalue weighted by atomic mass is 10.1. The molecular formula is C16H14F3N3O2. The van der Waals surface area contributed by atoms with Crippen molar-refractivity contribution in [2.45, 2.75) is 19.0 Å². The topological polar surface area (TPSA) is 59.4 Å². The number of nitrogens with zero attached hydrogens (tertiary/aromatic N) is 2. The van der Waals surface area contributed by atoms with E-state index < -0.39 is 18.2 Å². The first kappa shape index (κ1) is 16.1. The van der Waals surface area contributed by atoms with Crippen LogP contribution in [0.4, 0.5) is 13.2 Å². The fourth-order valence-corrected chi connectivity index (χ4v) is 2.43. The Kier molecular flexibility index (Phi) is 4.04. The average molecular weight is 337 g/mol. The molecule has 0 saturated heterocycles. The van der Waals surface area contributed by atoms with Crippen LogP contribution in [-0.4, -0.2) is 27.9 Å². The highest BCUT2D eigenvalue weighted by Crippen LogP contribution is 2.27. The third kappa shape index (κ3) is 3.27. The largest absolute Gasteiger partial charge is 0.497 e. The summed E-state index contributed by atoms with van der Waals surface area (Å²) < 4.78 is 43.5. The zero-order valence-corrected chi connectivity index (χ0v) is 12.7. The van der Waals surface area contributed by atoms with Gasteiger partial charge in [-0.25, -0.2) is 9.50 Å². The predicted molar refractivity (Wildman–Crippen MR) is 82.2 cm³/mol. The molecule has 0 aliphatic rings. The molecule has 2 heterocycles. The maximum Gasteiger partial charge on any atom is 0.389 e. The third-order valence-electron chi connectivity index (χ3n) is 3.60. The number of fused-ring (bicyclic) bond motifs is 1. The fourth-order valence-electron chi connectivity index (χ4n) is 2.43. The number of halogens is 3. The number of nitrogens with one attached hydrogen (secondary N) is 1. The summed E-state index contributed by atoms with van der Waals surface area (Å²) in [6.07, 6.45) is -4.06. The van der Waals surface area contributed by atoms with Gasteiger partial charge in [-0.1, -0.05) is 12.1 Å².